The molecule has 0 atom stereocenters. The molecule has 0 spiro atoms. The van der Waals surface area contributed by atoms with E-state index in [9.17, 15) is 0 Å². The van der Waals surface area contributed by atoms with Crippen LogP contribution >= 0.6 is 0 Å². The molecule has 2 N–H and O–H groups in total. The lowest BCUT2D eigenvalue weighted by Gasteiger charge is -2.11. The molecule has 0 aliphatic rings. The number of benzene rings is 2. The van der Waals surface area contributed by atoms with Gasteiger partial charge in [-0.1, -0.05) is 42.0 Å². The minimum Gasteiger partial charge on any atom is -0.444 e. The molecule has 0 radical (unpaired) electrons. The van der Waals surface area contributed by atoms with Gasteiger partial charge in [0.05, 0.1) is 17.8 Å². The number of para-hydroxylation sites is 1. The maximum Gasteiger partial charge on any atom is 0.226 e. The van der Waals surface area contributed by atoms with Crippen LogP contribution in [0.5, 0.6) is 0 Å². The van der Waals surface area contributed by atoms with E-state index in [0.717, 1.165) is 41.1 Å². The van der Waals surface area contributed by atoms with Crippen LogP contribution in [0.3, 0.4) is 0 Å². The second-order valence-electron chi connectivity index (χ2n) is 7.10. The molecule has 6 heteroatoms. The maximum absolute atomic E-state index is 5.62. The number of aromatic nitrogens is 2. The summed E-state index contributed by atoms with van der Waals surface area (Å²) in [4.78, 5) is 13.4. The van der Waals surface area contributed by atoms with Crippen molar-refractivity contribution in [2.45, 2.75) is 19.9 Å². The lowest BCUT2D eigenvalue weighted by Crippen LogP contribution is -2.37. The van der Waals surface area contributed by atoms with Gasteiger partial charge in [0, 0.05) is 30.7 Å². The molecule has 0 aliphatic heterocycles. The minimum atomic E-state index is 0.533. The van der Waals surface area contributed by atoms with Crippen LogP contribution in [-0.4, -0.2) is 29.5 Å². The fraction of sp³-hybridized carbons (Fsp3) is 0.208. The average Bonchev–Trinajstić information content (AvgIpc) is 3.26. The molecule has 0 saturated carbocycles. The van der Waals surface area contributed by atoms with Gasteiger partial charge in [-0.15, -0.1) is 0 Å². The molecule has 6 nitrogen and oxygen atoms in total. The number of aliphatic imine (C=N–C) groups is 1. The first kappa shape index (κ1) is 19.6. The lowest BCUT2D eigenvalue weighted by atomic mass is 10.1. The third kappa shape index (κ3) is 4.66. The molecule has 0 bridgehead atoms. The molecule has 0 unspecified atom stereocenters. The summed E-state index contributed by atoms with van der Waals surface area (Å²) < 4.78 is 5.62. The van der Waals surface area contributed by atoms with Crippen molar-refractivity contribution in [3.8, 4) is 11.5 Å². The topological polar surface area (TPSA) is 75.3 Å². The van der Waals surface area contributed by atoms with Crippen LogP contribution in [0.15, 0.2) is 76.5 Å². The Morgan fingerprint density at radius 3 is 2.70 bits per heavy atom. The Hall–Kier alpha value is -3.67. The Morgan fingerprint density at radius 2 is 1.87 bits per heavy atom. The first-order valence-electron chi connectivity index (χ1n) is 10.0. The molecule has 2 aromatic carbocycles. The number of rotatable bonds is 6. The number of hydrogen-bond acceptors (Lipinski definition) is 4. The first-order valence-corrected chi connectivity index (χ1v) is 10.0. The number of pyridine rings is 1. The highest BCUT2D eigenvalue weighted by Gasteiger charge is 2.08. The Balaban J connectivity index is 1.31. The van der Waals surface area contributed by atoms with Gasteiger partial charge in [0.1, 0.15) is 6.26 Å². The van der Waals surface area contributed by atoms with Crippen molar-refractivity contribution in [2.24, 2.45) is 4.99 Å². The van der Waals surface area contributed by atoms with E-state index in [1.807, 2.05) is 24.4 Å². The summed E-state index contributed by atoms with van der Waals surface area (Å²) in [5, 5.41) is 7.79. The van der Waals surface area contributed by atoms with Crippen LogP contribution in [-0.2, 0) is 13.0 Å². The first-order chi connectivity index (χ1) is 14.7. The van der Waals surface area contributed by atoms with Gasteiger partial charge in [-0.2, -0.15) is 0 Å². The van der Waals surface area contributed by atoms with Gasteiger partial charge in [-0.3, -0.25) is 9.98 Å². The smallest absolute Gasteiger partial charge is 0.226 e. The third-order valence-corrected chi connectivity index (χ3v) is 4.91. The van der Waals surface area contributed by atoms with Crippen LogP contribution in [0.2, 0.25) is 0 Å². The highest BCUT2D eigenvalue weighted by molar-refractivity contribution is 5.82. The number of fused-ring (bicyclic) bond motifs is 1. The fourth-order valence-electron chi connectivity index (χ4n) is 3.30. The molecule has 30 heavy (non-hydrogen) atoms. The van der Waals surface area contributed by atoms with Crippen molar-refractivity contribution >= 4 is 16.9 Å². The molecular formula is C24H25N5O. The van der Waals surface area contributed by atoms with Crippen molar-refractivity contribution in [3.63, 3.8) is 0 Å². The second kappa shape index (κ2) is 9.22. The van der Waals surface area contributed by atoms with Crippen molar-refractivity contribution < 1.29 is 4.42 Å². The zero-order valence-corrected chi connectivity index (χ0v) is 17.2. The van der Waals surface area contributed by atoms with E-state index >= 15 is 0 Å². The normalized spacial score (nSPS) is 11.6. The SMILES string of the molecule is CN=C(NCCc1cccc2cccnc12)NCc1coc(-c2ccc(C)cc2)n1. The summed E-state index contributed by atoms with van der Waals surface area (Å²) >= 11 is 0. The van der Waals surface area contributed by atoms with Gasteiger partial charge < -0.3 is 15.1 Å². The van der Waals surface area contributed by atoms with Gasteiger partial charge in [0.25, 0.3) is 0 Å². The Morgan fingerprint density at radius 1 is 1.03 bits per heavy atom. The van der Waals surface area contributed by atoms with Crippen molar-refractivity contribution in [2.75, 3.05) is 13.6 Å². The minimum absolute atomic E-state index is 0.533. The van der Waals surface area contributed by atoms with Crippen LogP contribution in [0, 0.1) is 6.92 Å². The Kier molecular flexibility index (Phi) is 6.03. The number of aryl methyl sites for hydroxylation is 1. The highest BCUT2D eigenvalue weighted by atomic mass is 16.3. The quantitative estimate of drug-likeness (QED) is 0.377. The van der Waals surface area contributed by atoms with Crippen LogP contribution < -0.4 is 10.6 Å². The van der Waals surface area contributed by atoms with Gasteiger partial charge in [0.15, 0.2) is 5.96 Å². The number of guanidine groups is 1. The number of nitrogens with zero attached hydrogens (tertiary/aromatic N) is 3. The standard InChI is InChI=1S/C24H25N5O/c1-17-8-10-20(11-9-17)23-29-21(16-30-23)15-28-24(25-2)27-14-12-19-6-3-5-18-7-4-13-26-22(18)19/h3-11,13,16H,12,14-15H2,1-2H3,(H2,25,27,28). The van der Waals surface area contributed by atoms with E-state index in [1.165, 1.54) is 11.1 Å². The van der Waals surface area contributed by atoms with Gasteiger partial charge >= 0.3 is 0 Å². The average molecular weight is 399 g/mol. The summed E-state index contributed by atoms with van der Waals surface area (Å²) in [6.07, 6.45) is 4.37. The van der Waals surface area contributed by atoms with Crippen LogP contribution in [0.25, 0.3) is 22.4 Å². The summed E-state index contributed by atoms with van der Waals surface area (Å²) in [5.74, 6) is 1.35. The van der Waals surface area contributed by atoms with E-state index in [1.54, 1.807) is 13.3 Å². The van der Waals surface area contributed by atoms with E-state index in [2.05, 4.69) is 68.9 Å². The molecular weight excluding hydrogens is 374 g/mol. The summed E-state index contributed by atoms with van der Waals surface area (Å²) in [7, 11) is 1.76. The molecule has 0 fully saturated rings. The Bertz CT molecular complexity index is 1140. The van der Waals surface area contributed by atoms with E-state index in [-0.39, 0.29) is 0 Å². The summed E-state index contributed by atoms with van der Waals surface area (Å²) in [5.41, 5.74) is 5.28. The molecule has 152 valence electrons. The van der Waals surface area contributed by atoms with Crippen molar-refractivity contribution in [1.29, 1.82) is 0 Å². The fourth-order valence-corrected chi connectivity index (χ4v) is 3.30. The second-order valence-corrected chi connectivity index (χ2v) is 7.10. The van der Waals surface area contributed by atoms with E-state index in [0.29, 0.717) is 12.4 Å². The molecule has 0 aliphatic carbocycles. The van der Waals surface area contributed by atoms with Crippen LogP contribution in [0.1, 0.15) is 16.8 Å². The summed E-state index contributed by atoms with van der Waals surface area (Å²) in [6.45, 7) is 3.34. The van der Waals surface area contributed by atoms with Crippen molar-refractivity contribution in [3.05, 3.63) is 83.9 Å². The number of nitrogens with one attached hydrogen (secondary N) is 2. The zero-order chi connectivity index (χ0) is 20.8. The molecule has 4 aromatic rings. The molecule has 0 amide bonds. The summed E-state index contributed by atoms with van der Waals surface area (Å²) in [6, 6.07) is 18.5. The predicted octanol–water partition coefficient (Wildman–Crippen LogP) is 4.11. The van der Waals surface area contributed by atoms with E-state index < -0.39 is 0 Å². The molecule has 4 rings (SSSR count). The highest BCUT2D eigenvalue weighted by Crippen LogP contribution is 2.19. The predicted molar refractivity (Wildman–Crippen MR) is 120 cm³/mol. The van der Waals surface area contributed by atoms with Crippen LogP contribution in [0.4, 0.5) is 0 Å². The van der Waals surface area contributed by atoms with Gasteiger partial charge in [0.2, 0.25) is 5.89 Å². The Labute approximate surface area is 176 Å². The maximum atomic E-state index is 5.62. The number of oxazole rings is 1. The molecule has 0 saturated heterocycles. The third-order valence-electron chi connectivity index (χ3n) is 4.91. The van der Waals surface area contributed by atoms with E-state index in [4.69, 9.17) is 4.42 Å². The monoisotopic (exact) mass is 399 g/mol. The zero-order valence-electron chi connectivity index (χ0n) is 17.2. The van der Waals surface area contributed by atoms with Gasteiger partial charge in [-0.05, 0) is 37.1 Å². The molecule has 2 heterocycles. The number of hydrogen-bond donors (Lipinski definition) is 2. The van der Waals surface area contributed by atoms with Crippen molar-refractivity contribution in [1.82, 2.24) is 20.6 Å². The molecule has 2 aromatic heterocycles. The van der Waals surface area contributed by atoms with Gasteiger partial charge in [-0.25, -0.2) is 4.98 Å². The lowest BCUT2D eigenvalue weighted by molar-refractivity contribution is 0.572. The largest absolute Gasteiger partial charge is 0.444 e.